The van der Waals surface area contributed by atoms with Gasteiger partial charge in [-0.05, 0) is 27.2 Å². The Kier molecular flexibility index (Phi) is 3.73. The minimum Gasteiger partial charge on any atom is -0.378 e. The second-order valence-corrected chi connectivity index (χ2v) is 5.42. The van der Waals surface area contributed by atoms with Crippen LogP contribution in [0.1, 0.15) is 39.1 Å². The molecule has 2 unspecified atom stereocenters. The molecule has 0 spiro atoms. The average molecular weight is 258 g/mol. The molecule has 0 aliphatic carbocycles. The lowest BCUT2D eigenvalue weighted by atomic mass is 9.80. The lowest BCUT2D eigenvalue weighted by Crippen LogP contribution is -2.34. The summed E-state index contributed by atoms with van der Waals surface area (Å²) in [5.74, 6) is 1.62. The van der Waals surface area contributed by atoms with Gasteiger partial charge in [-0.2, -0.15) is 5.10 Å². The van der Waals surface area contributed by atoms with Crippen LogP contribution in [-0.2, 0) is 11.2 Å². The lowest BCUT2D eigenvalue weighted by molar-refractivity contribution is 0.0720. The van der Waals surface area contributed by atoms with Crippen LogP contribution in [0.4, 0.5) is 0 Å². The quantitative estimate of drug-likeness (QED) is 0.778. The molecule has 0 saturated carbocycles. The van der Waals surface area contributed by atoms with Gasteiger partial charge in [-0.1, -0.05) is 0 Å². The summed E-state index contributed by atoms with van der Waals surface area (Å²) in [7, 11) is 0. The van der Waals surface area contributed by atoms with E-state index in [1.165, 1.54) is 0 Å². The molecule has 2 rings (SSSR count). The van der Waals surface area contributed by atoms with Crippen LogP contribution in [-0.4, -0.2) is 33.4 Å². The minimum absolute atomic E-state index is 0.0151. The molecule has 2 atom stereocenters. The van der Waals surface area contributed by atoms with Crippen LogP contribution in [0.3, 0.4) is 0 Å². The molecule has 0 N–H and O–H groups in total. The van der Waals surface area contributed by atoms with Crippen molar-refractivity contribution in [2.24, 2.45) is 5.41 Å². The van der Waals surface area contributed by atoms with Crippen molar-refractivity contribution in [1.29, 1.82) is 0 Å². The van der Waals surface area contributed by atoms with Crippen LogP contribution >= 0.6 is 11.6 Å². The summed E-state index contributed by atoms with van der Waals surface area (Å²) in [6.45, 7) is 7.12. The highest BCUT2D eigenvalue weighted by atomic mass is 35.5. The van der Waals surface area contributed by atoms with Gasteiger partial charge in [0.25, 0.3) is 0 Å². The Balaban J connectivity index is 2.21. The predicted octanol–water partition coefficient (Wildman–Crippen LogP) is 2.44. The zero-order valence-electron chi connectivity index (χ0n) is 10.7. The molecule has 0 aromatic carbocycles. The van der Waals surface area contributed by atoms with E-state index in [1.807, 2.05) is 4.68 Å². The summed E-state index contributed by atoms with van der Waals surface area (Å²) in [4.78, 5) is 4.37. The van der Waals surface area contributed by atoms with Crippen LogP contribution < -0.4 is 0 Å². The highest BCUT2D eigenvalue weighted by Crippen LogP contribution is 2.39. The summed E-state index contributed by atoms with van der Waals surface area (Å²) in [6.07, 6.45) is 3.66. The number of hydrogen-bond acceptors (Lipinski definition) is 3. The SMILES string of the molecule is CC(C)n1ncnc1CC1(CCl)CCOC1C. The van der Waals surface area contributed by atoms with Crippen LogP contribution in [0, 0.1) is 5.41 Å². The molecular weight excluding hydrogens is 238 g/mol. The van der Waals surface area contributed by atoms with E-state index in [-0.39, 0.29) is 11.5 Å². The van der Waals surface area contributed by atoms with Gasteiger partial charge < -0.3 is 4.74 Å². The highest BCUT2D eigenvalue weighted by Gasteiger charge is 2.42. The first-order chi connectivity index (χ1) is 8.09. The Morgan fingerprint density at radius 2 is 2.41 bits per heavy atom. The number of rotatable bonds is 4. The molecule has 2 heterocycles. The number of ether oxygens (including phenoxy) is 1. The summed E-state index contributed by atoms with van der Waals surface area (Å²) in [5.41, 5.74) is 0.0151. The summed E-state index contributed by atoms with van der Waals surface area (Å²) < 4.78 is 7.64. The largest absolute Gasteiger partial charge is 0.378 e. The molecule has 0 amide bonds. The fraction of sp³-hybridized carbons (Fsp3) is 0.833. The standard InChI is InChI=1S/C12H20ClN3O/c1-9(2)16-11(14-8-15-16)6-12(7-13)4-5-17-10(12)3/h8-10H,4-7H2,1-3H3. The zero-order valence-corrected chi connectivity index (χ0v) is 11.4. The van der Waals surface area contributed by atoms with Crippen molar-refractivity contribution in [3.8, 4) is 0 Å². The van der Waals surface area contributed by atoms with Crippen molar-refractivity contribution in [3.05, 3.63) is 12.2 Å². The van der Waals surface area contributed by atoms with E-state index < -0.39 is 0 Å². The summed E-state index contributed by atoms with van der Waals surface area (Å²) in [6, 6.07) is 0.331. The predicted molar refractivity (Wildman–Crippen MR) is 67.3 cm³/mol. The maximum absolute atomic E-state index is 6.17. The molecule has 0 bridgehead atoms. The molecule has 5 heteroatoms. The first kappa shape index (κ1) is 12.8. The second kappa shape index (κ2) is 4.94. The van der Waals surface area contributed by atoms with E-state index in [9.17, 15) is 0 Å². The van der Waals surface area contributed by atoms with Crippen molar-refractivity contribution in [3.63, 3.8) is 0 Å². The Labute approximate surface area is 107 Å². The fourth-order valence-corrected chi connectivity index (χ4v) is 2.87. The molecule has 1 aliphatic rings. The Morgan fingerprint density at radius 3 is 2.94 bits per heavy atom. The van der Waals surface area contributed by atoms with Crippen molar-refractivity contribution < 1.29 is 4.74 Å². The molecule has 1 aliphatic heterocycles. The monoisotopic (exact) mass is 257 g/mol. The van der Waals surface area contributed by atoms with Crippen LogP contribution in [0.2, 0.25) is 0 Å². The second-order valence-electron chi connectivity index (χ2n) is 5.15. The van der Waals surface area contributed by atoms with Crippen molar-refractivity contribution >= 4 is 11.6 Å². The van der Waals surface area contributed by atoms with Gasteiger partial charge in [0, 0.05) is 30.4 Å². The number of alkyl halides is 1. The Hall–Kier alpha value is -0.610. The molecule has 96 valence electrons. The summed E-state index contributed by atoms with van der Waals surface area (Å²) >= 11 is 6.17. The molecule has 4 nitrogen and oxygen atoms in total. The molecule has 1 aromatic heterocycles. The van der Waals surface area contributed by atoms with Crippen molar-refractivity contribution in [1.82, 2.24) is 14.8 Å². The van der Waals surface area contributed by atoms with E-state index in [1.54, 1.807) is 6.33 Å². The first-order valence-corrected chi connectivity index (χ1v) is 6.68. The van der Waals surface area contributed by atoms with Gasteiger partial charge in [-0.25, -0.2) is 9.67 Å². The van der Waals surface area contributed by atoms with E-state index >= 15 is 0 Å². The molecular formula is C12H20ClN3O. The van der Waals surface area contributed by atoms with Gasteiger partial charge in [0.15, 0.2) is 0 Å². The maximum atomic E-state index is 6.17. The van der Waals surface area contributed by atoms with Gasteiger partial charge in [-0.15, -0.1) is 11.6 Å². The van der Waals surface area contributed by atoms with Crippen molar-refractivity contribution in [2.75, 3.05) is 12.5 Å². The average Bonchev–Trinajstić information content (AvgIpc) is 2.87. The van der Waals surface area contributed by atoms with E-state index in [2.05, 4.69) is 30.9 Å². The molecule has 17 heavy (non-hydrogen) atoms. The van der Waals surface area contributed by atoms with Crippen LogP contribution in [0.5, 0.6) is 0 Å². The molecule has 1 fully saturated rings. The Bertz CT molecular complexity index is 380. The summed E-state index contributed by atoms with van der Waals surface area (Å²) in [5, 5.41) is 4.27. The van der Waals surface area contributed by atoms with Gasteiger partial charge in [0.1, 0.15) is 12.2 Å². The highest BCUT2D eigenvalue weighted by molar-refractivity contribution is 6.18. The number of halogens is 1. The van der Waals surface area contributed by atoms with Gasteiger partial charge in [0.2, 0.25) is 0 Å². The van der Waals surface area contributed by atoms with E-state index in [4.69, 9.17) is 16.3 Å². The van der Waals surface area contributed by atoms with Gasteiger partial charge in [0.05, 0.1) is 6.10 Å². The van der Waals surface area contributed by atoms with Gasteiger partial charge in [-0.3, -0.25) is 0 Å². The molecule has 0 radical (unpaired) electrons. The van der Waals surface area contributed by atoms with Crippen LogP contribution in [0.15, 0.2) is 6.33 Å². The van der Waals surface area contributed by atoms with E-state index in [0.29, 0.717) is 11.9 Å². The smallest absolute Gasteiger partial charge is 0.138 e. The third-order valence-electron chi connectivity index (χ3n) is 3.74. The van der Waals surface area contributed by atoms with E-state index in [0.717, 1.165) is 25.3 Å². The number of hydrogen-bond donors (Lipinski definition) is 0. The van der Waals surface area contributed by atoms with Crippen molar-refractivity contribution in [2.45, 2.75) is 45.8 Å². The fourth-order valence-electron chi connectivity index (χ4n) is 2.42. The normalized spacial score (nSPS) is 29.1. The number of nitrogens with zero attached hydrogens (tertiary/aromatic N) is 3. The van der Waals surface area contributed by atoms with Gasteiger partial charge >= 0.3 is 0 Å². The topological polar surface area (TPSA) is 39.9 Å². The maximum Gasteiger partial charge on any atom is 0.138 e. The minimum atomic E-state index is 0.0151. The zero-order chi connectivity index (χ0) is 12.5. The lowest BCUT2D eigenvalue weighted by Gasteiger charge is -2.29. The first-order valence-electron chi connectivity index (χ1n) is 6.15. The molecule has 1 saturated heterocycles. The Morgan fingerprint density at radius 1 is 1.65 bits per heavy atom. The third kappa shape index (κ3) is 2.33. The third-order valence-corrected chi connectivity index (χ3v) is 4.28. The molecule has 1 aromatic rings. The number of aromatic nitrogens is 3. The van der Waals surface area contributed by atoms with Crippen LogP contribution in [0.25, 0.3) is 0 Å².